The van der Waals surface area contributed by atoms with Crippen LogP contribution in [0.4, 0.5) is 15.8 Å². The lowest BCUT2D eigenvalue weighted by atomic mass is 10.1. The molecule has 1 unspecified atom stereocenters. The predicted molar refractivity (Wildman–Crippen MR) is 124 cm³/mol. The van der Waals surface area contributed by atoms with Crippen molar-refractivity contribution in [1.29, 1.82) is 0 Å². The monoisotopic (exact) mass is 464 g/mol. The number of rotatable bonds is 5. The summed E-state index contributed by atoms with van der Waals surface area (Å²) in [5, 5.41) is 2.72. The van der Waals surface area contributed by atoms with Gasteiger partial charge in [-0.2, -0.15) is 0 Å². The van der Waals surface area contributed by atoms with E-state index in [1.54, 1.807) is 44.2 Å². The zero-order valence-corrected chi connectivity index (χ0v) is 18.8. The van der Waals surface area contributed by atoms with Gasteiger partial charge in [-0.25, -0.2) is 9.18 Å². The highest BCUT2D eigenvalue weighted by Gasteiger charge is 2.34. The van der Waals surface area contributed by atoms with Crippen molar-refractivity contribution in [3.8, 4) is 0 Å². The number of carbonyl (C=O) groups excluding carboxylic acids is 3. The van der Waals surface area contributed by atoms with E-state index in [2.05, 4.69) is 5.32 Å². The quantitative estimate of drug-likeness (QED) is 0.529. The third-order valence-corrected chi connectivity index (χ3v) is 6.31. The van der Waals surface area contributed by atoms with Crippen molar-refractivity contribution in [1.82, 2.24) is 0 Å². The van der Waals surface area contributed by atoms with Crippen LogP contribution in [0.3, 0.4) is 0 Å². The fraction of sp³-hybridized carbons (Fsp3) is 0.160. The zero-order chi connectivity index (χ0) is 23.5. The van der Waals surface area contributed by atoms with E-state index in [4.69, 9.17) is 4.74 Å². The van der Waals surface area contributed by atoms with Gasteiger partial charge in [0.15, 0.2) is 0 Å². The van der Waals surface area contributed by atoms with E-state index in [9.17, 15) is 18.8 Å². The molecule has 1 heterocycles. The van der Waals surface area contributed by atoms with Gasteiger partial charge in [0.1, 0.15) is 11.9 Å². The Morgan fingerprint density at radius 3 is 2.52 bits per heavy atom. The average molecular weight is 465 g/mol. The van der Waals surface area contributed by atoms with Gasteiger partial charge in [0, 0.05) is 15.5 Å². The fourth-order valence-electron chi connectivity index (χ4n) is 3.50. The van der Waals surface area contributed by atoms with Gasteiger partial charge in [-0.05, 0) is 68.4 Å². The van der Waals surface area contributed by atoms with E-state index in [0.717, 1.165) is 9.79 Å². The molecule has 1 aliphatic heterocycles. The number of esters is 1. The molecule has 0 saturated carbocycles. The van der Waals surface area contributed by atoms with Gasteiger partial charge >= 0.3 is 5.97 Å². The van der Waals surface area contributed by atoms with E-state index in [0.29, 0.717) is 16.9 Å². The molecule has 1 aliphatic rings. The summed E-state index contributed by atoms with van der Waals surface area (Å²) >= 11 is 1.39. The average Bonchev–Trinajstić information content (AvgIpc) is 2.93. The van der Waals surface area contributed by atoms with Crippen LogP contribution in [0.2, 0.25) is 0 Å². The summed E-state index contributed by atoms with van der Waals surface area (Å²) in [6.07, 6.45) is 0. The van der Waals surface area contributed by atoms with Crippen LogP contribution >= 0.6 is 11.8 Å². The Labute approximate surface area is 194 Å². The molecule has 0 radical (unpaired) electrons. The molecule has 6 nitrogen and oxygen atoms in total. The molecular formula is C25H21FN2O4S. The van der Waals surface area contributed by atoms with Crippen LogP contribution in [0, 0.1) is 5.82 Å². The van der Waals surface area contributed by atoms with E-state index in [1.165, 1.54) is 40.9 Å². The third kappa shape index (κ3) is 4.61. The maximum absolute atomic E-state index is 13.6. The molecule has 0 aliphatic carbocycles. The highest BCUT2D eigenvalue weighted by atomic mass is 32.2. The molecule has 168 valence electrons. The fourth-order valence-corrected chi connectivity index (χ4v) is 4.55. The first-order valence-corrected chi connectivity index (χ1v) is 11.2. The van der Waals surface area contributed by atoms with Crippen LogP contribution in [0.15, 0.2) is 76.5 Å². The number of hydrogen-bond donors (Lipinski definition) is 1. The van der Waals surface area contributed by atoms with E-state index in [-0.39, 0.29) is 18.1 Å². The number of nitrogens with zero attached hydrogens (tertiary/aromatic N) is 1. The number of nitrogens with one attached hydrogen (secondary N) is 1. The maximum atomic E-state index is 13.6. The van der Waals surface area contributed by atoms with Crippen LogP contribution in [-0.2, 0) is 9.53 Å². The zero-order valence-electron chi connectivity index (χ0n) is 18.0. The van der Waals surface area contributed by atoms with Crippen LogP contribution in [0.1, 0.15) is 34.6 Å². The molecule has 0 saturated heterocycles. The summed E-state index contributed by atoms with van der Waals surface area (Å²) in [5.74, 6) is -1.74. The number of benzene rings is 3. The molecule has 0 spiro atoms. The van der Waals surface area contributed by atoms with Crippen molar-refractivity contribution >= 4 is 40.9 Å². The minimum atomic E-state index is -0.925. The lowest BCUT2D eigenvalue weighted by molar-refractivity contribution is -0.117. The first-order valence-electron chi connectivity index (χ1n) is 10.4. The molecule has 3 aromatic rings. The van der Waals surface area contributed by atoms with Crippen molar-refractivity contribution in [3.63, 3.8) is 0 Å². The number of hydrogen-bond acceptors (Lipinski definition) is 5. The summed E-state index contributed by atoms with van der Waals surface area (Å²) in [5.41, 5.74) is 1.59. The molecule has 4 rings (SSSR count). The molecule has 33 heavy (non-hydrogen) atoms. The molecule has 3 aromatic carbocycles. The molecule has 0 bridgehead atoms. The summed E-state index contributed by atoms with van der Waals surface area (Å²) in [4.78, 5) is 41.9. The SMILES string of the molecule is CCOC(=O)c1ccc2c(c1)N(C(C)C(=O)Nc1ccc(F)cc1)C(=O)c1ccccc1S2. The number of amides is 2. The van der Waals surface area contributed by atoms with Crippen molar-refractivity contribution in [2.45, 2.75) is 29.7 Å². The second-order valence-corrected chi connectivity index (χ2v) is 8.43. The molecular weight excluding hydrogens is 443 g/mol. The van der Waals surface area contributed by atoms with Gasteiger partial charge in [-0.1, -0.05) is 23.9 Å². The van der Waals surface area contributed by atoms with Gasteiger partial charge in [0.25, 0.3) is 5.91 Å². The first kappa shape index (κ1) is 22.5. The van der Waals surface area contributed by atoms with Crippen LogP contribution in [0.5, 0.6) is 0 Å². The molecule has 0 fully saturated rings. The summed E-state index contributed by atoms with van der Waals surface area (Å²) in [6, 6.07) is 16.6. The first-order chi connectivity index (χ1) is 15.9. The molecule has 0 aromatic heterocycles. The minimum absolute atomic E-state index is 0.217. The largest absolute Gasteiger partial charge is 0.462 e. The number of carbonyl (C=O) groups is 3. The second-order valence-electron chi connectivity index (χ2n) is 7.35. The Morgan fingerprint density at radius 1 is 1.06 bits per heavy atom. The van der Waals surface area contributed by atoms with Gasteiger partial charge in [-0.3, -0.25) is 14.5 Å². The van der Waals surface area contributed by atoms with E-state index in [1.807, 2.05) is 12.1 Å². The predicted octanol–water partition coefficient (Wildman–Crippen LogP) is 5.14. The Balaban J connectivity index is 1.76. The summed E-state index contributed by atoms with van der Waals surface area (Å²) < 4.78 is 18.3. The smallest absolute Gasteiger partial charge is 0.338 e. The van der Waals surface area contributed by atoms with Crippen molar-refractivity contribution in [2.75, 3.05) is 16.8 Å². The van der Waals surface area contributed by atoms with Gasteiger partial charge in [-0.15, -0.1) is 0 Å². The van der Waals surface area contributed by atoms with Crippen molar-refractivity contribution in [2.24, 2.45) is 0 Å². The Kier molecular flexibility index (Phi) is 6.46. The third-order valence-electron chi connectivity index (χ3n) is 5.16. The molecule has 1 atom stereocenters. The lowest BCUT2D eigenvalue weighted by Gasteiger charge is -2.29. The topological polar surface area (TPSA) is 75.7 Å². The van der Waals surface area contributed by atoms with Crippen LogP contribution in [0.25, 0.3) is 0 Å². The molecule has 1 N–H and O–H groups in total. The van der Waals surface area contributed by atoms with Gasteiger partial charge in [0.2, 0.25) is 5.91 Å². The normalized spacial score (nSPS) is 13.4. The van der Waals surface area contributed by atoms with E-state index >= 15 is 0 Å². The van der Waals surface area contributed by atoms with Gasteiger partial charge < -0.3 is 10.1 Å². The Hall–Kier alpha value is -3.65. The van der Waals surface area contributed by atoms with Crippen molar-refractivity contribution in [3.05, 3.63) is 83.7 Å². The second kappa shape index (κ2) is 9.46. The summed E-state index contributed by atoms with van der Waals surface area (Å²) in [7, 11) is 0. The summed E-state index contributed by atoms with van der Waals surface area (Å²) in [6.45, 7) is 3.54. The number of halogens is 1. The van der Waals surface area contributed by atoms with Crippen LogP contribution < -0.4 is 10.2 Å². The molecule has 2 amide bonds. The van der Waals surface area contributed by atoms with Crippen molar-refractivity contribution < 1.29 is 23.5 Å². The number of fused-ring (bicyclic) bond motifs is 2. The number of anilines is 2. The highest BCUT2D eigenvalue weighted by molar-refractivity contribution is 7.99. The lowest BCUT2D eigenvalue weighted by Crippen LogP contribution is -2.46. The van der Waals surface area contributed by atoms with Crippen LogP contribution in [-0.4, -0.2) is 30.4 Å². The van der Waals surface area contributed by atoms with E-state index < -0.39 is 23.7 Å². The number of ether oxygens (including phenoxy) is 1. The Morgan fingerprint density at radius 2 is 1.79 bits per heavy atom. The standard InChI is InChI=1S/C25H21FN2O4S/c1-3-32-25(31)16-8-13-22-20(14-16)28(24(30)19-6-4-5-7-21(19)33-22)15(2)23(29)27-18-11-9-17(26)10-12-18/h4-15H,3H2,1-2H3,(H,27,29). The molecule has 8 heteroatoms. The minimum Gasteiger partial charge on any atom is -0.462 e. The Bertz CT molecular complexity index is 1230. The highest BCUT2D eigenvalue weighted by Crippen LogP contribution is 2.42. The maximum Gasteiger partial charge on any atom is 0.338 e. The van der Waals surface area contributed by atoms with Gasteiger partial charge in [0.05, 0.1) is 23.4 Å².